The molecule has 2 aromatic rings. The van der Waals surface area contributed by atoms with Crippen LogP contribution in [0.15, 0.2) is 54.6 Å². The molecule has 2 aromatic carbocycles. The first-order valence-electron chi connectivity index (χ1n) is 7.85. The van der Waals surface area contributed by atoms with E-state index in [-0.39, 0.29) is 6.03 Å². The molecule has 2 rings (SSSR count). The molecule has 0 aliphatic rings. The highest BCUT2D eigenvalue weighted by Crippen LogP contribution is 2.12. The largest absolute Gasteiger partial charge is 0.378 e. The van der Waals surface area contributed by atoms with E-state index in [0.29, 0.717) is 13.1 Å². The second-order valence-electron chi connectivity index (χ2n) is 5.88. The van der Waals surface area contributed by atoms with Crippen LogP contribution in [0.4, 0.5) is 10.5 Å². The molecule has 122 valence electrons. The van der Waals surface area contributed by atoms with Gasteiger partial charge in [0.05, 0.1) is 0 Å². The molecule has 2 amide bonds. The molecule has 0 aliphatic heterocycles. The van der Waals surface area contributed by atoms with Crippen molar-refractivity contribution in [2.24, 2.45) is 0 Å². The van der Waals surface area contributed by atoms with Crippen LogP contribution in [-0.2, 0) is 13.0 Å². The molecule has 0 aromatic heterocycles. The van der Waals surface area contributed by atoms with E-state index in [2.05, 4.69) is 34.5 Å². The van der Waals surface area contributed by atoms with Crippen molar-refractivity contribution >= 4 is 11.7 Å². The topological polar surface area (TPSA) is 35.6 Å². The maximum Gasteiger partial charge on any atom is 0.317 e. The fraction of sp³-hybridized carbons (Fsp3) is 0.316. The number of nitrogens with one attached hydrogen (secondary N) is 1. The Labute approximate surface area is 138 Å². The van der Waals surface area contributed by atoms with E-state index in [0.717, 1.165) is 12.0 Å². The first-order chi connectivity index (χ1) is 11.1. The molecule has 0 atom stereocenters. The van der Waals surface area contributed by atoms with Crippen molar-refractivity contribution in [3.05, 3.63) is 65.7 Å². The minimum atomic E-state index is -0.0428. The number of carbonyl (C=O) groups excluding carboxylic acids is 1. The number of nitrogens with zero attached hydrogens (tertiary/aromatic N) is 2. The Bertz CT molecular complexity index is 608. The normalized spacial score (nSPS) is 10.2. The van der Waals surface area contributed by atoms with Gasteiger partial charge in [-0.25, -0.2) is 4.79 Å². The molecule has 0 saturated carbocycles. The number of carbonyl (C=O) groups is 1. The molecule has 0 fully saturated rings. The Morgan fingerprint density at radius 3 is 2.17 bits per heavy atom. The number of amides is 2. The molecule has 4 nitrogen and oxygen atoms in total. The second kappa shape index (κ2) is 8.22. The van der Waals surface area contributed by atoms with Gasteiger partial charge in [-0.2, -0.15) is 0 Å². The van der Waals surface area contributed by atoms with E-state index in [1.165, 1.54) is 11.3 Å². The van der Waals surface area contributed by atoms with Crippen LogP contribution in [0.2, 0.25) is 0 Å². The maximum absolute atomic E-state index is 12.1. The van der Waals surface area contributed by atoms with E-state index in [9.17, 15) is 4.79 Å². The van der Waals surface area contributed by atoms with E-state index < -0.39 is 0 Å². The molecule has 0 aliphatic carbocycles. The molecule has 0 bridgehead atoms. The summed E-state index contributed by atoms with van der Waals surface area (Å²) in [6, 6.07) is 18.4. The Morgan fingerprint density at radius 2 is 1.57 bits per heavy atom. The molecule has 4 heteroatoms. The predicted octanol–water partition coefficient (Wildman–Crippen LogP) is 3.14. The lowest BCUT2D eigenvalue weighted by Crippen LogP contribution is -2.37. The summed E-state index contributed by atoms with van der Waals surface area (Å²) < 4.78 is 0. The van der Waals surface area contributed by atoms with Gasteiger partial charge >= 0.3 is 6.03 Å². The summed E-state index contributed by atoms with van der Waals surface area (Å²) in [7, 11) is 5.86. The summed E-state index contributed by atoms with van der Waals surface area (Å²) in [5.41, 5.74) is 3.53. The Hall–Kier alpha value is -2.49. The van der Waals surface area contributed by atoms with Gasteiger partial charge in [-0.15, -0.1) is 0 Å². The van der Waals surface area contributed by atoms with Crippen LogP contribution in [0.25, 0.3) is 0 Å². The Kier molecular flexibility index (Phi) is 6.03. The van der Waals surface area contributed by atoms with Crippen LogP contribution >= 0.6 is 0 Å². The molecule has 0 saturated heterocycles. The number of rotatable bonds is 6. The van der Waals surface area contributed by atoms with Crippen LogP contribution in [-0.4, -0.2) is 38.6 Å². The summed E-state index contributed by atoms with van der Waals surface area (Å²) in [6.45, 7) is 1.25. The summed E-state index contributed by atoms with van der Waals surface area (Å²) in [5.74, 6) is 0. The average molecular weight is 311 g/mol. The lowest BCUT2D eigenvalue weighted by molar-refractivity contribution is 0.207. The first kappa shape index (κ1) is 16.9. The first-order valence-corrected chi connectivity index (χ1v) is 7.85. The lowest BCUT2D eigenvalue weighted by Gasteiger charge is -2.18. The standard InChI is InChI=1S/C19H25N3O/c1-21(2)18-11-9-16(10-12-18)13-14-20-19(23)22(3)15-17-7-5-4-6-8-17/h4-12H,13-15H2,1-3H3,(H,20,23). The van der Waals surface area contributed by atoms with Crippen LogP contribution in [0.5, 0.6) is 0 Å². The summed E-state index contributed by atoms with van der Waals surface area (Å²) in [5, 5.41) is 2.97. The number of hydrogen-bond donors (Lipinski definition) is 1. The SMILES string of the molecule is CN(Cc1ccccc1)C(=O)NCCc1ccc(N(C)C)cc1. The third kappa shape index (κ3) is 5.33. The third-order valence-electron chi connectivity index (χ3n) is 3.75. The van der Waals surface area contributed by atoms with Crippen LogP contribution in [0.3, 0.4) is 0 Å². The lowest BCUT2D eigenvalue weighted by atomic mass is 10.1. The third-order valence-corrected chi connectivity index (χ3v) is 3.75. The monoisotopic (exact) mass is 311 g/mol. The fourth-order valence-electron chi connectivity index (χ4n) is 2.34. The zero-order valence-electron chi connectivity index (χ0n) is 14.1. The van der Waals surface area contributed by atoms with Crippen molar-refractivity contribution in [3.8, 4) is 0 Å². The minimum absolute atomic E-state index is 0.0428. The number of urea groups is 1. The highest BCUT2D eigenvalue weighted by Gasteiger charge is 2.08. The average Bonchev–Trinajstić information content (AvgIpc) is 2.56. The molecule has 0 unspecified atom stereocenters. The second-order valence-corrected chi connectivity index (χ2v) is 5.88. The van der Waals surface area contributed by atoms with Crippen molar-refractivity contribution < 1.29 is 4.79 Å². The molecule has 0 spiro atoms. The summed E-state index contributed by atoms with van der Waals surface area (Å²) >= 11 is 0. The molecular weight excluding hydrogens is 286 g/mol. The molecule has 0 heterocycles. The molecule has 1 N–H and O–H groups in total. The highest BCUT2D eigenvalue weighted by molar-refractivity contribution is 5.73. The van der Waals surface area contributed by atoms with Crippen molar-refractivity contribution in [2.75, 3.05) is 32.6 Å². The smallest absolute Gasteiger partial charge is 0.317 e. The minimum Gasteiger partial charge on any atom is -0.378 e. The van der Waals surface area contributed by atoms with Gasteiger partial charge in [0.15, 0.2) is 0 Å². The summed E-state index contributed by atoms with van der Waals surface area (Å²) in [6.07, 6.45) is 0.832. The molecule has 23 heavy (non-hydrogen) atoms. The quantitative estimate of drug-likeness (QED) is 0.889. The fourth-order valence-corrected chi connectivity index (χ4v) is 2.34. The van der Waals surface area contributed by atoms with Gasteiger partial charge < -0.3 is 15.1 Å². The van der Waals surface area contributed by atoms with Crippen molar-refractivity contribution in [1.29, 1.82) is 0 Å². The number of hydrogen-bond acceptors (Lipinski definition) is 2. The van der Waals surface area contributed by atoms with E-state index >= 15 is 0 Å². The van der Waals surface area contributed by atoms with E-state index in [1.54, 1.807) is 4.90 Å². The van der Waals surface area contributed by atoms with E-state index in [4.69, 9.17) is 0 Å². The zero-order chi connectivity index (χ0) is 16.7. The van der Waals surface area contributed by atoms with Gasteiger partial charge in [-0.05, 0) is 29.7 Å². The predicted molar refractivity (Wildman–Crippen MR) is 95.8 cm³/mol. The highest BCUT2D eigenvalue weighted by atomic mass is 16.2. The van der Waals surface area contributed by atoms with Crippen LogP contribution in [0.1, 0.15) is 11.1 Å². The maximum atomic E-state index is 12.1. The van der Waals surface area contributed by atoms with Crippen molar-refractivity contribution in [3.63, 3.8) is 0 Å². The van der Waals surface area contributed by atoms with Gasteiger partial charge in [0.1, 0.15) is 0 Å². The molecular formula is C19H25N3O. The van der Waals surface area contributed by atoms with Gasteiger partial charge in [0.2, 0.25) is 0 Å². The van der Waals surface area contributed by atoms with Gasteiger partial charge in [0.25, 0.3) is 0 Å². The van der Waals surface area contributed by atoms with Gasteiger partial charge in [-0.1, -0.05) is 42.5 Å². The van der Waals surface area contributed by atoms with Crippen molar-refractivity contribution in [1.82, 2.24) is 10.2 Å². The zero-order valence-corrected chi connectivity index (χ0v) is 14.1. The Balaban J connectivity index is 1.75. The Morgan fingerprint density at radius 1 is 0.913 bits per heavy atom. The van der Waals surface area contributed by atoms with Gasteiger partial charge in [0, 0.05) is 39.9 Å². The number of anilines is 1. The number of benzene rings is 2. The summed E-state index contributed by atoms with van der Waals surface area (Å²) in [4.78, 5) is 15.9. The van der Waals surface area contributed by atoms with E-state index in [1.807, 2.05) is 51.5 Å². The van der Waals surface area contributed by atoms with Gasteiger partial charge in [-0.3, -0.25) is 0 Å². The van der Waals surface area contributed by atoms with Crippen LogP contribution < -0.4 is 10.2 Å². The molecule has 0 radical (unpaired) electrons. The van der Waals surface area contributed by atoms with Crippen LogP contribution in [0, 0.1) is 0 Å². The van der Waals surface area contributed by atoms with Crippen molar-refractivity contribution in [2.45, 2.75) is 13.0 Å².